The van der Waals surface area contributed by atoms with Crippen LogP contribution in [-0.4, -0.2) is 29.1 Å². The third-order valence-electron chi connectivity index (χ3n) is 3.11. The fourth-order valence-corrected chi connectivity index (χ4v) is 2.23. The first-order chi connectivity index (χ1) is 8.89. The molecule has 0 aliphatic carbocycles. The maximum atomic E-state index is 13.4. The van der Waals surface area contributed by atoms with Gasteiger partial charge in [-0.3, -0.25) is 4.79 Å². The molecule has 1 aromatic rings. The van der Waals surface area contributed by atoms with Crippen LogP contribution in [0.25, 0.3) is 0 Å². The number of amides is 1. The molecule has 1 fully saturated rings. The highest BCUT2D eigenvalue weighted by molar-refractivity contribution is 5.94. The molecule has 0 aromatic carbocycles. The van der Waals surface area contributed by atoms with Crippen molar-refractivity contribution >= 4 is 5.91 Å². The van der Waals surface area contributed by atoms with Crippen molar-refractivity contribution in [3.63, 3.8) is 0 Å². The maximum Gasteiger partial charge on any atom is 0.259 e. The number of carbonyl (C=O) groups excluding carboxylic acids is 1. The van der Waals surface area contributed by atoms with Crippen LogP contribution in [0.3, 0.4) is 0 Å². The van der Waals surface area contributed by atoms with E-state index in [1.54, 1.807) is 0 Å². The van der Waals surface area contributed by atoms with Crippen molar-refractivity contribution in [2.45, 2.75) is 38.3 Å². The Morgan fingerprint density at radius 3 is 2.89 bits per heavy atom. The molecule has 1 saturated heterocycles. The van der Waals surface area contributed by atoms with Gasteiger partial charge < -0.3 is 10.1 Å². The monoisotopic (exact) mass is 270 g/mol. The molecule has 0 radical (unpaired) electrons. The van der Waals surface area contributed by atoms with Gasteiger partial charge in [-0.25, -0.2) is 9.37 Å². The van der Waals surface area contributed by atoms with Crippen LogP contribution in [0.5, 0.6) is 0 Å². The molecule has 1 aliphatic heterocycles. The van der Waals surface area contributed by atoms with E-state index in [2.05, 4.69) is 10.3 Å². The van der Waals surface area contributed by atoms with E-state index in [-0.39, 0.29) is 11.6 Å². The first-order valence-corrected chi connectivity index (χ1v) is 6.14. The number of nitrogens with one attached hydrogen (secondary N) is 1. The van der Waals surface area contributed by atoms with E-state index in [1.165, 1.54) is 0 Å². The zero-order chi connectivity index (χ0) is 14.0. The van der Waals surface area contributed by atoms with E-state index in [4.69, 9.17) is 4.74 Å². The minimum Gasteiger partial charge on any atom is -0.375 e. The fourth-order valence-electron chi connectivity index (χ4n) is 2.23. The van der Waals surface area contributed by atoms with Crippen LogP contribution in [0.4, 0.5) is 8.78 Å². The van der Waals surface area contributed by atoms with Crippen molar-refractivity contribution in [3.05, 3.63) is 29.6 Å². The van der Waals surface area contributed by atoms with Crippen LogP contribution in [0.2, 0.25) is 0 Å². The van der Waals surface area contributed by atoms with Crippen molar-refractivity contribution < 1.29 is 18.3 Å². The normalized spacial score (nSPS) is 22.0. The number of rotatable bonds is 2. The van der Waals surface area contributed by atoms with Crippen molar-refractivity contribution in [1.29, 1.82) is 0 Å². The number of halogens is 2. The molecule has 19 heavy (non-hydrogen) atoms. The van der Waals surface area contributed by atoms with Gasteiger partial charge in [0.05, 0.1) is 5.60 Å². The second kappa shape index (κ2) is 5.21. The SMILES string of the molecule is CC1(C)CC(NC(=O)c2c(F)ccnc2F)CCO1. The molecule has 1 aromatic heterocycles. The number of carbonyl (C=O) groups is 1. The van der Waals surface area contributed by atoms with Gasteiger partial charge in [-0.15, -0.1) is 0 Å². The van der Waals surface area contributed by atoms with E-state index >= 15 is 0 Å². The minimum atomic E-state index is -1.09. The fraction of sp³-hybridized carbons (Fsp3) is 0.538. The van der Waals surface area contributed by atoms with Gasteiger partial charge in [0.2, 0.25) is 5.95 Å². The Balaban J connectivity index is 2.09. The first-order valence-electron chi connectivity index (χ1n) is 6.14. The van der Waals surface area contributed by atoms with Crippen LogP contribution in [0.1, 0.15) is 37.0 Å². The molecular formula is C13H16F2N2O2. The molecular weight excluding hydrogens is 254 g/mol. The Morgan fingerprint density at radius 2 is 2.26 bits per heavy atom. The zero-order valence-electron chi connectivity index (χ0n) is 10.9. The lowest BCUT2D eigenvalue weighted by atomic mass is 9.94. The predicted octanol–water partition coefficient (Wildman–Crippen LogP) is 2.05. The summed E-state index contributed by atoms with van der Waals surface area (Å²) in [6.07, 6.45) is 2.21. The quantitative estimate of drug-likeness (QED) is 0.837. The maximum absolute atomic E-state index is 13.4. The number of hydrogen-bond acceptors (Lipinski definition) is 3. The highest BCUT2D eigenvalue weighted by Crippen LogP contribution is 2.24. The Morgan fingerprint density at radius 1 is 1.53 bits per heavy atom. The largest absolute Gasteiger partial charge is 0.375 e. The molecule has 1 atom stereocenters. The van der Waals surface area contributed by atoms with Gasteiger partial charge >= 0.3 is 0 Å². The topological polar surface area (TPSA) is 51.2 Å². The summed E-state index contributed by atoms with van der Waals surface area (Å²) in [5.74, 6) is -2.77. The lowest BCUT2D eigenvalue weighted by molar-refractivity contribution is -0.0615. The molecule has 0 spiro atoms. The number of nitrogens with zero attached hydrogens (tertiary/aromatic N) is 1. The van der Waals surface area contributed by atoms with Crippen molar-refractivity contribution in [2.24, 2.45) is 0 Å². The summed E-state index contributed by atoms with van der Waals surface area (Å²) < 4.78 is 32.3. The molecule has 0 saturated carbocycles. The Bertz CT molecular complexity index is 471. The molecule has 2 heterocycles. The summed E-state index contributed by atoms with van der Waals surface area (Å²) in [6.45, 7) is 4.34. The van der Waals surface area contributed by atoms with Gasteiger partial charge in [-0.1, -0.05) is 0 Å². The average Bonchev–Trinajstić information content (AvgIpc) is 2.27. The molecule has 0 bridgehead atoms. The molecule has 6 heteroatoms. The molecule has 1 aliphatic rings. The highest BCUT2D eigenvalue weighted by Gasteiger charge is 2.31. The van der Waals surface area contributed by atoms with Crippen LogP contribution < -0.4 is 5.32 Å². The van der Waals surface area contributed by atoms with E-state index in [0.717, 1.165) is 12.3 Å². The molecule has 4 nitrogen and oxygen atoms in total. The highest BCUT2D eigenvalue weighted by atomic mass is 19.1. The predicted molar refractivity (Wildman–Crippen MR) is 64.7 cm³/mol. The third-order valence-corrected chi connectivity index (χ3v) is 3.11. The Kier molecular flexibility index (Phi) is 3.80. The van der Waals surface area contributed by atoms with Crippen LogP contribution in [0.15, 0.2) is 12.3 Å². The minimum absolute atomic E-state index is 0.157. The van der Waals surface area contributed by atoms with Crippen molar-refractivity contribution in [2.75, 3.05) is 6.61 Å². The molecule has 1 unspecified atom stereocenters. The number of hydrogen-bond donors (Lipinski definition) is 1. The number of pyridine rings is 1. The number of ether oxygens (including phenoxy) is 1. The average molecular weight is 270 g/mol. The summed E-state index contributed by atoms with van der Waals surface area (Å²) >= 11 is 0. The van der Waals surface area contributed by atoms with Gasteiger partial charge in [0, 0.05) is 18.8 Å². The smallest absolute Gasteiger partial charge is 0.259 e. The molecule has 104 valence electrons. The van der Waals surface area contributed by atoms with Crippen LogP contribution in [0, 0.1) is 11.8 Å². The van der Waals surface area contributed by atoms with Crippen molar-refractivity contribution in [3.8, 4) is 0 Å². The first kappa shape index (κ1) is 13.9. The summed E-state index contributed by atoms with van der Waals surface area (Å²) in [5.41, 5.74) is -0.978. The van der Waals surface area contributed by atoms with Gasteiger partial charge in [-0.05, 0) is 32.8 Å². The van der Waals surface area contributed by atoms with Crippen LogP contribution >= 0.6 is 0 Å². The standard InChI is InChI=1S/C13H16F2N2O2/c1-13(2)7-8(4-6-19-13)17-12(18)10-9(14)3-5-16-11(10)15/h3,5,8H,4,6-7H2,1-2H3,(H,17,18). The zero-order valence-corrected chi connectivity index (χ0v) is 10.9. The van der Waals surface area contributed by atoms with Gasteiger partial charge in [0.15, 0.2) is 0 Å². The van der Waals surface area contributed by atoms with E-state index in [0.29, 0.717) is 19.4 Å². The summed E-state index contributed by atoms with van der Waals surface area (Å²) in [4.78, 5) is 15.2. The van der Waals surface area contributed by atoms with E-state index in [9.17, 15) is 13.6 Å². The molecule has 1 amide bonds. The molecule has 1 N–H and O–H groups in total. The van der Waals surface area contributed by atoms with Gasteiger partial charge in [0.1, 0.15) is 11.4 Å². The lowest BCUT2D eigenvalue weighted by Gasteiger charge is -2.35. The third kappa shape index (κ3) is 3.26. The van der Waals surface area contributed by atoms with E-state index in [1.807, 2.05) is 13.8 Å². The Hall–Kier alpha value is -1.56. The Labute approximate surface area is 110 Å². The summed E-state index contributed by atoms with van der Waals surface area (Å²) in [7, 11) is 0. The second-order valence-corrected chi connectivity index (χ2v) is 5.23. The number of aromatic nitrogens is 1. The van der Waals surface area contributed by atoms with Crippen molar-refractivity contribution in [1.82, 2.24) is 10.3 Å². The second-order valence-electron chi connectivity index (χ2n) is 5.23. The van der Waals surface area contributed by atoms with Crippen LogP contribution in [-0.2, 0) is 4.74 Å². The summed E-state index contributed by atoms with van der Waals surface area (Å²) in [5, 5.41) is 2.63. The van der Waals surface area contributed by atoms with E-state index < -0.39 is 23.2 Å². The van der Waals surface area contributed by atoms with Gasteiger partial charge in [0.25, 0.3) is 5.91 Å². The van der Waals surface area contributed by atoms with Gasteiger partial charge in [-0.2, -0.15) is 4.39 Å². The summed E-state index contributed by atoms with van der Waals surface area (Å²) in [6, 6.07) is 0.807. The lowest BCUT2D eigenvalue weighted by Crippen LogP contribution is -2.46. The molecule has 2 rings (SSSR count).